The van der Waals surface area contributed by atoms with Gasteiger partial charge in [0.2, 0.25) is 0 Å². The zero-order valence-electron chi connectivity index (χ0n) is 16.4. The number of rotatable bonds is 3. The standard InChI is InChI=1S/C22H19ClN3O5/c23-17-9-15(26(29)30)4-5-16(17)19-6-7-20(31-19)22(28)24-10-13-8-14(12-24)18-2-1-3-21(27)25(18)11-13/h1-7,9,13-14,29H,8,10-12H2/q-1. The lowest BCUT2D eigenvalue weighted by atomic mass is 9.83. The number of hydrogen-bond acceptors (Lipinski definition) is 6. The first-order valence-electron chi connectivity index (χ1n) is 9.95. The Kier molecular flexibility index (Phi) is 4.85. The van der Waals surface area contributed by atoms with Crippen molar-refractivity contribution in [2.24, 2.45) is 5.92 Å². The van der Waals surface area contributed by atoms with Gasteiger partial charge in [-0.05, 0) is 48.7 Å². The van der Waals surface area contributed by atoms with Crippen molar-refractivity contribution in [2.75, 3.05) is 18.3 Å². The maximum Gasteiger partial charge on any atom is 0.289 e. The Morgan fingerprint density at radius 1 is 1.16 bits per heavy atom. The minimum absolute atomic E-state index is 0.00384. The van der Waals surface area contributed by atoms with Crippen molar-refractivity contribution in [1.29, 1.82) is 0 Å². The van der Waals surface area contributed by atoms with Gasteiger partial charge in [0.25, 0.3) is 11.5 Å². The third-order valence-electron chi connectivity index (χ3n) is 6.02. The lowest BCUT2D eigenvalue weighted by molar-refractivity contribution is 0.0564. The summed E-state index contributed by atoms with van der Waals surface area (Å²) in [5.74, 6) is 0.731. The van der Waals surface area contributed by atoms with Crippen molar-refractivity contribution in [2.45, 2.75) is 18.9 Å². The molecule has 3 aromatic rings. The van der Waals surface area contributed by atoms with Gasteiger partial charge in [0.15, 0.2) is 5.76 Å². The Hall–Kier alpha value is -3.07. The Balaban J connectivity index is 1.38. The zero-order valence-corrected chi connectivity index (χ0v) is 17.2. The summed E-state index contributed by atoms with van der Waals surface area (Å²) >= 11 is 6.21. The largest absolute Gasteiger partial charge is 0.733 e. The number of benzene rings is 1. The predicted molar refractivity (Wildman–Crippen MR) is 114 cm³/mol. The smallest absolute Gasteiger partial charge is 0.289 e. The lowest BCUT2D eigenvalue weighted by Crippen LogP contribution is -2.49. The number of carbonyl (C=O) groups excluding carboxylic acids is 1. The average molecular weight is 441 g/mol. The highest BCUT2D eigenvalue weighted by Crippen LogP contribution is 2.36. The highest BCUT2D eigenvalue weighted by Gasteiger charge is 2.37. The van der Waals surface area contributed by atoms with Gasteiger partial charge in [0.05, 0.1) is 10.7 Å². The molecular weight excluding hydrogens is 422 g/mol. The molecule has 2 unspecified atom stereocenters. The van der Waals surface area contributed by atoms with Crippen LogP contribution in [0.5, 0.6) is 0 Å². The van der Waals surface area contributed by atoms with Crippen LogP contribution in [-0.2, 0) is 6.54 Å². The average Bonchev–Trinajstić information content (AvgIpc) is 3.23. The van der Waals surface area contributed by atoms with E-state index in [4.69, 9.17) is 21.2 Å². The molecule has 1 amide bonds. The van der Waals surface area contributed by atoms with E-state index >= 15 is 0 Å². The minimum Gasteiger partial charge on any atom is -0.733 e. The van der Waals surface area contributed by atoms with Crippen LogP contribution >= 0.6 is 11.6 Å². The number of aromatic nitrogens is 1. The van der Waals surface area contributed by atoms with Crippen molar-refractivity contribution in [3.8, 4) is 11.3 Å². The molecule has 31 heavy (non-hydrogen) atoms. The van der Waals surface area contributed by atoms with E-state index < -0.39 is 0 Å². The zero-order chi connectivity index (χ0) is 21.7. The molecule has 1 fully saturated rings. The second-order valence-electron chi connectivity index (χ2n) is 8.01. The van der Waals surface area contributed by atoms with Crippen LogP contribution in [0.25, 0.3) is 11.3 Å². The summed E-state index contributed by atoms with van der Waals surface area (Å²) < 4.78 is 7.62. The summed E-state index contributed by atoms with van der Waals surface area (Å²) in [6.45, 7) is 1.71. The maximum absolute atomic E-state index is 13.1. The molecule has 1 saturated heterocycles. The fourth-order valence-electron chi connectivity index (χ4n) is 4.64. The van der Waals surface area contributed by atoms with E-state index in [1.165, 1.54) is 12.1 Å². The first-order chi connectivity index (χ1) is 14.9. The number of nitrogens with zero attached hydrogens (tertiary/aromatic N) is 3. The monoisotopic (exact) mass is 440 g/mol. The van der Waals surface area contributed by atoms with E-state index in [2.05, 4.69) is 0 Å². The first kappa shape index (κ1) is 19.9. The van der Waals surface area contributed by atoms with E-state index in [1.54, 1.807) is 35.2 Å². The number of furan rings is 1. The second kappa shape index (κ2) is 7.56. The van der Waals surface area contributed by atoms with Crippen LogP contribution in [-0.4, -0.2) is 33.7 Å². The highest BCUT2D eigenvalue weighted by atomic mass is 35.5. The number of halogens is 1. The molecule has 5 rings (SSSR count). The molecule has 4 heterocycles. The molecule has 0 radical (unpaired) electrons. The normalized spacial score (nSPS) is 19.8. The number of amides is 1. The van der Waals surface area contributed by atoms with E-state index in [1.807, 2.05) is 10.6 Å². The van der Waals surface area contributed by atoms with Gasteiger partial charge in [-0.2, -0.15) is 0 Å². The van der Waals surface area contributed by atoms with Gasteiger partial charge < -0.3 is 24.3 Å². The van der Waals surface area contributed by atoms with E-state index in [0.29, 0.717) is 31.0 Å². The summed E-state index contributed by atoms with van der Waals surface area (Å²) in [7, 11) is 0. The molecule has 9 heteroatoms. The molecule has 160 valence electrons. The van der Waals surface area contributed by atoms with Crippen molar-refractivity contribution in [3.63, 3.8) is 0 Å². The molecule has 2 atom stereocenters. The molecule has 1 N–H and O–H groups in total. The molecule has 0 spiro atoms. The minimum atomic E-state index is -0.272. The van der Waals surface area contributed by atoms with Gasteiger partial charge in [-0.1, -0.05) is 17.7 Å². The summed E-state index contributed by atoms with van der Waals surface area (Å²) in [6.07, 6.45) is 0.959. The summed E-state index contributed by atoms with van der Waals surface area (Å²) in [5.41, 5.74) is 1.49. The molecule has 2 aliphatic heterocycles. The van der Waals surface area contributed by atoms with Crippen molar-refractivity contribution in [3.05, 3.63) is 80.6 Å². The Morgan fingerprint density at radius 2 is 2.00 bits per heavy atom. The van der Waals surface area contributed by atoms with Gasteiger partial charge in [-0.15, -0.1) is 0 Å². The second-order valence-corrected chi connectivity index (χ2v) is 8.42. The Labute approximate surface area is 182 Å². The van der Waals surface area contributed by atoms with Gasteiger partial charge >= 0.3 is 0 Å². The van der Waals surface area contributed by atoms with Crippen LogP contribution < -0.4 is 10.8 Å². The summed E-state index contributed by atoms with van der Waals surface area (Å²) in [4.78, 5) is 27.1. The summed E-state index contributed by atoms with van der Waals surface area (Å²) in [6, 6.07) is 12.8. The number of likely N-dealkylation sites (tertiary alicyclic amines) is 1. The fraction of sp³-hybridized carbons (Fsp3) is 0.273. The molecule has 2 aromatic heterocycles. The van der Waals surface area contributed by atoms with Gasteiger partial charge in [0.1, 0.15) is 5.76 Å². The Morgan fingerprint density at radius 3 is 2.77 bits per heavy atom. The van der Waals surface area contributed by atoms with Crippen LogP contribution in [0.3, 0.4) is 0 Å². The number of carbonyl (C=O) groups is 1. The van der Waals surface area contributed by atoms with Crippen LogP contribution in [0.1, 0.15) is 28.6 Å². The molecule has 2 aliphatic rings. The summed E-state index contributed by atoms with van der Waals surface area (Å²) in [5, 5.41) is 20.0. The lowest BCUT2D eigenvalue weighted by Gasteiger charge is -2.42. The predicted octanol–water partition coefficient (Wildman–Crippen LogP) is 3.71. The van der Waals surface area contributed by atoms with Gasteiger partial charge in [-0.25, -0.2) is 0 Å². The number of anilines is 1. The maximum atomic E-state index is 13.1. The third-order valence-corrected chi connectivity index (χ3v) is 6.34. The van der Waals surface area contributed by atoms with Gasteiger partial charge in [-0.3, -0.25) is 14.8 Å². The van der Waals surface area contributed by atoms with Gasteiger partial charge in [0, 0.05) is 42.9 Å². The van der Waals surface area contributed by atoms with E-state index in [9.17, 15) is 14.8 Å². The molecule has 2 bridgehead atoms. The number of piperidine rings is 1. The SMILES string of the molecule is O=C(c1ccc(-c2ccc(N([O-])O)cc2Cl)o1)N1CC2CC(C1)c1cccc(=O)n1C2. The van der Waals surface area contributed by atoms with Crippen LogP contribution in [0.15, 0.2) is 57.7 Å². The third kappa shape index (κ3) is 3.52. The van der Waals surface area contributed by atoms with Crippen molar-refractivity contribution in [1.82, 2.24) is 9.47 Å². The van der Waals surface area contributed by atoms with E-state index in [-0.39, 0.29) is 45.0 Å². The fourth-order valence-corrected chi connectivity index (χ4v) is 4.91. The Bertz CT molecular complexity index is 1220. The number of pyridine rings is 1. The molecule has 1 aromatic carbocycles. The molecule has 0 aliphatic carbocycles. The topological polar surface area (TPSA) is 102 Å². The van der Waals surface area contributed by atoms with Crippen molar-refractivity contribution >= 4 is 23.2 Å². The van der Waals surface area contributed by atoms with Crippen LogP contribution in [0, 0.1) is 11.1 Å². The first-order valence-corrected chi connectivity index (χ1v) is 10.3. The van der Waals surface area contributed by atoms with Crippen LogP contribution in [0.2, 0.25) is 5.02 Å². The quantitative estimate of drug-likeness (QED) is 0.623. The number of hydrogen-bond donors (Lipinski definition) is 1. The van der Waals surface area contributed by atoms with Crippen molar-refractivity contribution < 1.29 is 14.4 Å². The van der Waals surface area contributed by atoms with E-state index in [0.717, 1.165) is 12.1 Å². The molecule has 0 saturated carbocycles. The van der Waals surface area contributed by atoms with Crippen LogP contribution in [0.4, 0.5) is 5.69 Å². The number of fused-ring (bicyclic) bond motifs is 4. The molecular formula is C22H19ClN3O5-. The molecule has 8 nitrogen and oxygen atoms in total. The highest BCUT2D eigenvalue weighted by molar-refractivity contribution is 6.33.